The maximum Gasteiger partial charge on any atom is 0.191 e. The Morgan fingerprint density at radius 1 is 1.25 bits per heavy atom. The quantitative estimate of drug-likeness (QED) is 0.707. The Bertz CT molecular complexity index is 257. The van der Waals surface area contributed by atoms with Gasteiger partial charge < -0.3 is 9.16 Å². The van der Waals surface area contributed by atoms with Crippen molar-refractivity contribution in [1.29, 1.82) is 0 Å². The van der Waals surface area contributed by atoms with Crippen molar-refractivity contribution in [1.82, 2.24) is 0 Å². The normalized spacial score (nSPS) is 34.7. The van der Waals surface area contributed by atoms with Crippen LogP contribution in [-0.4, -0.2) is 28.1 Å². The van der Waals surface area contributed by atoms with Gasteiger partial charge in [0.05, 0.1) is 6.61 Å². The second-order valence-corrected chi connectivity index (χ2v) is 11.8. The van der Waals surface area contributed by atoms with E-state index in [0.717, 1.165) is 31.7 Å². The molecule has 0 amide bonds. The molecule has 0 aromatic carbocycles. The highest BCUT2D eigenvalue weighted by atomic mass is 28.4. The largest absolute Gasteiger partial charge is 0.416 e. The van der Waals surface area contributed by atoms with Crippen LogP contribution in [-0.2, 0) is 9.16 Å². The van der Waals surface area contributed by atoms with Crippen LogP contribution in [0.2, 0.25) is 18.1 Å². The molecular weight excluding hydrogens is 216 g/mol. The average molecular weight is 242 g/mol. The first kappa shape index (κ1) is 12.6. The van der Waals surface area contributed by atoms with Crippen LogP contribution < -0.4 is 0 Å². The van der Waals surface area contributed by atoms with E-state index in [1.807, 2.05) is 0 Å². The zero-order valence-corrected chi connectivity index (χ0v) is 12.4. The first-order valence-corrected chi connectivity index (χ1v) is 9.44. The van der Waals surface area contributed by atoms with E-state index in [2.05, 4.69) is 33.9 Å². The van der Waals surface area contributed by atoms with Crippen LogP contribution in [0.1, 0.15) is 27.2 Å². The lowest BCUT2D eigenvalue weighted by Crippen LogP contribution is -2.43. The predicted molar refractivity (Wildman–Crippen MR) is 69.1 cm³/mol. The van der Waals surface area contributed by atoms with Gasteiger partial charge in [0.25, 0.3) is 0 Å². The third kappa shape index (κ3) is 2.52. The summed E-state index contributed by atoms with van der Waals surface area (Å²) in [6, 6.07) is 0. The molecule has 0 spiro atoms. The molecule has 2 fully saturated rings. The molecule has 2 nitrogen and oxygen atoms in total. The summed E-state index contributed by atoms with van der Waals surface area (Å²) >= 11 is 0. The van der Waals surface area contributed by atoms with Gasteiger partial charge in [0.2, 0.25) is 0 Å². The Hall–Kier alpha value is 0.137. The van der Waals surface area contributed by atoms with Crippen molar-refractivity contribution in [3.63, 3.8) is 0 Å². The van der Waals surface area contributed by atoms with Gasteiger partial charge in [0.15, 0.2) is 8.32 Å². The zero-order chi connectivity index (χ0) is 12.0. The van der Waals surface area contributed by atoms with E-state index in [9.17, 15) is 0 Å². The Morgan fingerprint density at radius 2 is 1.94 bits per heavy atom. The van der Waals surface area contributed by atoms with E-state index in [1.54, 1.807) is 0 Å². The number of rotatable bonds is 3. The van der Waals surface area contributed by atoms with Gasteiger partial charge in [-0.05, 0) is 36.4 Å². The van der Waals surface area contributed by atoms with Crippen LogP contribution in [0.3, 0.4) is 0 Å². The third-order valence-corrected chi connectivity index (χ3v) is 9.21. The van der Waals surface area contributed by atoms with E-state index < -0.39 is 8.32 Å². The van der Waals surface area contributed by atoms with Crippen LogP contribution in [0.5, 0.6) is 0 Å². The monoisotopic (exact) mass is 242 g/mol. The minimum Gasteiger partial charge on any atom is -0.416 e. The van der Waals surface area contributed by atoms with E-state index >= 15 is 0 Å². The SMILES string of the molecule is CC(C)(C)[Si](C)(C)OCC1COCC2CC12. The van der Waals surface area contributed by atoms with Gasteiger partial charge in [-0.25, -0.2) is 0 Å². The van der Waals surface area contributed by atoms with E-state index in [1.165, 1.54) is 6.42 Å². The zero-order valence-electron chi connectivity index (χ0n) is 11.4. The summed E-state index contributed by atoms with van der Waals surface area (Å²) in [5, 5.41) is 0.325. The number of hydrogen-bond donors (Lipinski definition) is 0. The Kier molecular flexibility index (Phi) is 3.23. The molecule has 2 rings (SSSR count). The fraction of sp³-hybridized carbons (Fsp3) is 1.00. The van der Waals surface area contributed by atoms with Gasteiger partial charge >= 0.3 is 0 Å². The molecule has 94 valence electrons. The highest BCUT2D eigenvalue weighted by Gasteiger charge is 2.47. The summed E-state index contributed by atoms with van der Waals surface area (Å²) in [5.74, 6) is 2.45. The molecule has 0 N–H and O–H groups in total. The number of hydrogen-bond acceptors (Lipinski definition) is 2. The molecule has 0 aromatic rings. The molecule has 1 saturated heterocycles. The standard InChI is InChI=1S/C13H26O2Si/c1-13(2,3)16(4,5)15-9-11-8-14-7-10-6-12(10)11/h10-12H,6-9H2,1-5H3. The van der Waals surface area contributed by atoms with Crippen molar-refractivity contribution >= 4 is 8.32 Å². The maximum atomic E-state index is 6.29. The van der Waals surface area contributed by atoms with Gasteiger partial charge in [0, 0.05) is 19.1 Å². The molecular formula is C13H26O2Si. The molecule has 3 atom stereocenters. The molecule has 1 saturated carbocycles. The van der Waals surface area contributed by atoms with Crippen molar-refractivity contribution in [3.8, 4) is 0 Å². The molecule has 3 heteroatoms. The molecule has 1 aliphatic heterocycles. The van der Waals surface area contributed by atoms with Crippen LogP contribution in [0.15, 0.2) is 0 Å². The van der Waals surface area contributed by atoms with Crippen molar-refractivity contribution in [3.05, 3.63) is 0 Å². The van der Waals surface area contributed by atoms with Gasteiger partial charge in [-0.15, -0.1) is 0 Å². The third-order valence-electron chi connectivity index (χ3n) is 4.71. The smallest absolute Gasteiger partial charge is 0.191 e. The summed E-state index contributed by atoms with van der Waals surface area (Å²) in [6.45, 7) is 14.4. The van der Waals surface area contributed by atoms with Crippen molar-refractivity contribution in [2.45, 2.75) is 45.3 Å². The van der Waals surface area contributed by atoms with Gasteiger partial charge in [0.1, 0.15) is 0 Å². The van der Waals surface area contributed by atoms with E-state index in [4.69, 9.17) is 9.16 Å². The second-order valence-electron chi connectivity index (χ2n) is 7.03. The molecule has 16 heavy (non-hydrogen) atoms. The lowest BCUT2D eigenvalue weighted by molar-refractivity contribution is 0.0253. The van der Waals surface area contributed by atoms with Gasteiger partial charge in [-0.3, -0.25) is 0 Å². The van der Waals surface area contributed by atoms with E-state index in [0.29, 0.717) is 11.0 Å². The molecule has 1 aliphatic carbocycles. The predicted octanol–water partition coefficient (Wildman–Crippen LogP) is 3.29. The lowest BCUT2D eigenvalue weighted by Gasteiger charge is -2.37. The fourth-order valence-electron chi connectivity index (χ4n) is 2.24. The summed E-state index contributed by atoms with van der Waals surface area (Å²) in [4.78, 5) is 0. The molecule has 1 heterocycles. The average Bonchev–Trinajstić information content (AvgIpc) is 2.91. The first-order valence-electron chi connectivity index (χ1n) is 6.53. The van der Waals surface area contributed by atoms with Crippen LogP contribution in [0, 0.1) is 17.8 Å². The fourth-order valence-corrected chi connectivity index (χ4v) is 3.30. The van der Waals surface area contributed by atoms with Crippen LogP contribution >= 0.6 is 0 Å². The Labute approximate surface area is 101 Å². The molecule has 0 radical (unpaired) electrons. The van der Waals surface area contributed by atoms with Crippen LogP contribution in [0.25, 0.3) is 0 Å². The molecule has 0 bridgehead atoms. The molecule has 0 aromatic heterocycles. The molecule has 2 aliphatic rings. The number of ether oxygens (including phenoxy) is 1. The van der Waals surface area contributed by atoms with Crippen molar-refractivity contribution < 1.29 is 9.16 Å². The highest BCUT2D eigenvalue weighted by Crippen LogP contribution is 2.48. The number of fused-ring (bicyclic) bond motifs is 1. The minimum absolute atomic E-state index is 0.325. The summed E-state index contributed by atoms with van der Waals surface area (Å²) in [6.07, 6.45) is 1.38. The Balaban J connectivity index is 1.83. The van der Waals surface area contributed by atoms with Crippen molar-refractivity contribution in [2.24, 2.45) is 17.8 Å². The summed E-state index contributed by atoms with van der Waals surface area (Å²) in [7, 11) is -1.56. The second kappa shape index (κ2) is 4.11. The summed E-state index contributed by atoms with van der Waals surface area (Å²) in [5.41, 5.74) is 0. The van der Waals surface area contributed by atoms with E-state index in [-0.39, 0.29) is 0 Å². The first-order chi connectivity index (χ1) is 7.31. The summed E-state index contributed by atoms with van der Waals surface area (Å²) < 4.78 is 11.9. The Morgan fingerprint density at radius 3 is 2.56 bits per heavy atom. The van der Waals surface area contributed by atoms with Gasteiger partial charge in [-0.1, -0.05) is 20.8 Å². The highest BCUT2D eigenvalue weighted by molar-refractivity contribution is 6.74. The van der Waals surface area contributed by atoms with Crippen LogP contribution in [0.4, 0.5) is 0 Å². The minimum atomic E-state index is -1.56. The van der Waals surface area contributed by atoms with Crippen molar-refractivity contribution in [2.75, 3.05) is 19.8 Å². The molecule has 3 unspecified atom stereocenters. The topological polar surface area (TPSA) is 18.5 Å². The maximum absolute atomic E-state index is 6.29. The lowest BCUT2D eigenvalue weighted by atomic mass is 10.0. The van der Waals surface area contributed by atoms with Gasteiger partial charge in [-0.2, -0.15) is 0 Å².